The highest BCUT2D eigenvalue weighted by Gasteiger charge is 2.15. The van der Waals surface area contributed by atoms with Crippen molar-refractivity contribution in [3.8, 4) is 11.5 Å². The maximum Gasteiger partial charge on any atom is 0.343 e. The summed E-state index contributed by atoms with van der Waals surface area (Å²) in [5.41, 5.74) is 4.33. The third-order valence-corrected chi connectivity index (χ3v) is 4.89. The summed E-state index contributed by atoms with van der Waals surface area (Å²) in [7, 11) is 1.45. The minimum atomic E-state index is -0.981. The summed E-state index contributed by atoms with van der Waals surface area (Å²) in [6.45, 7) is 1.92. The van der Waals surface area contributed by atoms with Crippen molar-refractivity contribution >= 4 is 45.6 Å². The molecule has 8 nitrogen and oxygen atoms in total. The first-order valence-corrected chi connectivity index (χ1v) is 10.5. The van der Waals surface area contributed by atoms with Gasteiger partial charge in [-0.15, -0.1) is 0 Å². The molecule has 3 aromatic rings. The molecule has 168 valence electrons. The standard InChI is InChI=1S/C24H20BrN3O5/c1-15-7-9-16(10-8-15)24(31)33-20-12-11-18(25)13-17(20)14-26-28-23(30)22(29)27-19-5-3-4-6-21(19)32-2/h3-14H,1-2H3,(H,27,29)(H,28,30)/b26-14-. The van der Waals surface area contributed by atoms with Crippen LogP contribution in [-0.4, -0.2) is 31.1 Å². The minimum absolute atomic E-state index is 0.236. The van der Waals surface area contributed by atoms with Crippen LogP contribution < -0.4 is 20.2 Å². The first-order chi connectivity index (χ1) is 15.9. The zero-order valence-corrected chi connectivity index (χ0v) is 19.4. The predicted molar refractivity (Wildman–Crippen MR) is 128 cm³/mol. The molecule has 3 rings (SSSR count). The summed E-state index contributed by atoms with van der Waals surface area (Å²) in [6.07, 6.45) is 1.27. The first kappa shape index (κ1) is 23.7. The maximum absolute atomic E-state index is 12.4. The summed E-state index contributed by atoms with van der Waals surface area (Å²) in [5, 5.41) is 6.26. The average Bonchev–Trinajstić information content (AvgIpc) is 2.81. The van der Waals surface area contributed by atoms with Crippen LogP contribution in [0.2, 0.25) is 0 Å². The van der Waals surface area contributed by atoms with Crippen molar-refractivity contribution in [1.82, 2.24) is 5.43 Å². The molecule has 0 aliphatic heterocycles. The van der Waals surface area contributed by atoms with Gasteiger partial charge in [-0.25, -0.2) is 10.2 Å². The summed E-state index contributed by atoms with van der Waals surface area (Å²) in [5.74, 6) is -1.79. The Bertz CT molecular complexity index is 1210. The Morgan fingerprint density at radius 3 is 2.39 bits per heavy atom. The van der Waals surface area contributed by atoms with Crippen LogP contribution in [0, 0.1) is 6.92 Å². The highest BCUT2D eigenvalue weighted by Crippen LogP contribution is 2.24. The Hall–Kier alpha value is -3.98. The van der Waals surface area contributed by atoms with E-state index in [1.165, 1.54) is 13.3 Å². The lowest BCUT2D eigenvalue weighted by Crippen LogP contribution is -2.32. The molecule has 0 aromatic heterocycles. The topological polar surface area (TPSA) is 106 Å². The molecule has 0 heterocycles. The zero-order chi connectivity index (χ0) is 23.8. The second-order valence-corrected chi connectivity index (χ2v) is 7.71. The van der Waals surface area contributed by atoms with Gasteiger partial charge >= 0.3 is 17.8 Å². The second kappa shape index (κ2) is 11.1. The van der Waals surface area contributed by atoms with Gasteiger partial charge < -0.3 is 14.8 Å². The average molecular weight is 510 g/mol. The van der Waals surface area contributed by atoms with Crippen LogP contribution in [0.4, 0.5) is 5.69 Å². The van der Waals surface area contributed by atoms with Gasteiger partial charge in [-0.3, -0.25) is 9.59 Å². The highest BCUT2D eigenvalue weighted by molar-refractivity contribution is 9.10. The number of hydrazone groups is 1. The maximum atomic E-state index is 12.4. The summed E-state index contributed by atoms with van der Waals surface area (Å²) < 4.78 is 11.3. The number of methoxy groups -OCH3 is 1. The minimum Gasteiger partial charge on any atom is -0.495 e. The van der Waals surface area contributed by atoms with Gasteiger partial charge in [-0.05, 0) is 49.4 Å². The molecule has 0 atom stereocenters. The Morgan fingerprint density at radius 2 is 1.67 bits per heavy atom. The fraction of sp³-hybridized carbons (Fsp3) is 0.0833. The Labute approximate surface area is 198 Å². The molecule has 3 aromatic carbocycles. The van der Waals surface area contributed by atoms with Crippen LogP contribution in [0.5, 0.6) is 11.5 Å². The molecule has 0 bridgehead atoms. The SMILES string of the molecule is COc1ccccc1NC(=O)C(=O)N/N=C\c1cc(Br)ccc1OC(=O)c1ccc(C)cc1. The third-order valence-electron chi connectivity index (χ3n) is 4.39. The lowest BCUT2D eigenvalue weighted by molar-refractivity contribution is -0.136. The van der Waals surface area contributed by atoms with Crippen LogP contribution in [0.3, 0.4) is 0 Å². The molecule has 0 unspecified atom stereocenters. The van der Waals surface area contributed by atoms with Gasteiger partial charge in [0.25, 0.3) is 0 Å². The van der Waals surface area contributed by atoms with Crippen LogP contribution in [0.1, 0.15) is 21.5 Å². The smallest absolute Gasteiger partial charge is 0.343 e. The van der Waals surface area contributed by atoms with Gasteiger partial charge in [-0.2, -0.15) is 5.10 Å². The van der Waals surface area contributed by atoms with E-state index >= 15 is 0 Å². The normalized spacial score (nSPS) is 10.5. The van der Waals surface area contributed by atoms with Crippen molar-refractivity contribution in [2.75, 3.05) is 12.4 Å². The number of nitrogens with one attached hydrogen (secondary N) is 2. The van der Waals surface area contributed by atoms with Crippen molar-refractivity contribution in [1.29, 1.82) is 0 Å². The van der Waals surface area contributed by atoms with E-state index in [4.69, 9.17) is 9.47 Å². The Morgan fingerprint density at radius 1 is 0.939 bits per heavy atom. The van der Waals surface area contributed by atoms with Gasteiger partial charge in [0.15, 0.2) is 0 Å². The largest absolute Gasteiger partial charge is 0.495 e. The van der Waals surface area contributed by atoms with Gasteiger partial charge in [0.2, 0.25) is 0 Å². The number of hydrogen-bond donors (Lipinski definition) is 2. The van der Waals surface area contributed by atoms with Crippen LogP contribution in [0.25, 0.3) is 0 Å². The molecule has 2 N–H and O–H groups in total. The number of hydrogen-bond acceptors (Lipinski definition) is 6. The zero-order valence-electron chi connectivity index (χ0n) is 17.8. The van der Waals surface area contributed by atoms with Gasteiger partial charge in [-0.1, -0.05) is 45.8 Å². The van der Waals surface area contributed by atoms with E-state index in [1.807, 2.05) is 19.1 Å². The summed E-state index contributed by atoms with van der Waals surface area (Å²) >= 11 is 3.34. The van der Waals surface area contributed by atoms with Crippen molar-refractivity contribution in [2.45, 2.75) is 6.92 Å². The molecule has 0 aliphatic rings. The summed E-state index contributed by atoms with van der Waals surface area (Å²) in [4.78, 5) is 36.7. The summed E-state index contributed by atoms with van der Waals surface area (Å²) in [6, 6.07) is 18.6. The van der Waals surface area contributed by atoms with Crippen molar-refractivity contribution < 1.29 is 23.9 Å². The van der Waals surface area contributed by atoms with Gasteiger partial charge in [0.1, 0.15) is 11.5 Å². The van der Waals surface area contributed by atoms with Gasteiger partial charge in [0, 0.05) is 10.0 Å². The molecule has 0 saturated carbocycles. The number of anilines is 1. The molecular formula is C24H20BrN3O5. The molecule has 33 heavy (non-hydrogen) atoms. The molecule has 0 aliphatic carbocycles. The molecule has 9 heteroatoms. The van der Waals surface area contributed by atoms with Crippen molar-refractivity contribution in [3.63, 3.8) is 0 Å². The fourth-order valence-electron chi connectivity index (χ4n) is 2.70. The Balaban J connectivity index is 1.67. The van der Waals surface area contributed by atoms with Crippen molar-refractivity contribution in [3.05, 3.63) is 87.9 Å². The number of halogens is 1. The second-order valence-electron chi connectivity index (χ2n) is 6.79. The van der Waals surface area contributed by atoms with E-state index in [0.29, 0.717) is 27.0 Å². The molecule has 0 saturated heterocycles. The number of amides is 2. The quantitative estimate of drug-likeness (QED) is 0.171. The number of nitrogens with zero attached hydrogens (tertiary/aromatic N) is 1. The molecule has 0 radical (unpaired) electrons. The van der Waals surface area contributed by atoms with Crippen LogP contribution in [-0.2, 0) is 9.59 Å². The number of rotatable bonds is 6. The lowest BCUT2D eigenvalue weighted by Gasteiger charge is -2.09. The number of benzene rings is 3. The van der Waals surface area contributed by atoms with E-state index in [1.54, 1.807) is 54.6 Å². The molecular weight excluding hydrogens is 490 g/mol. The van der Waals surface area contributed by atoms with E-state index in [2.05, 4.69) is 31.8 Å². The number of carbonyl (C=O) groups excluding carboxylic acids is 3. The van der Waals surface area contributed by atoms with E-state index in [0.717, 1.165) is 5.56 Å². The first-order valence-electron chi connectivity index (χ1n) is 9.73. The van der Waals surface area contributed by atoms with Crippen LogP contribution >= 0.6 is 15.9 Å². The molecule has 0 fully saturated rings. The number of carbonyl (C=O) groups is 3. The van der Waals surface area contributed by atoms with Crippen molar-refractivity contribution in [2.24, 2.45) is 5.10 Å². The third kappa shape index (κ3) is 6.50. The van der Waals surface area contributed by atoms with E-state index in [9.17, 15) is 14.4 Å². The van der Waals surface area contributed by atoms with E-state index in [-0.39, 0.29) is 5.75 Å². The lowest BCUT2D eigenvalue weighted by atomic mass is 10.1. The number of ether oxygens (including phenoxy) is 2. The van der Waals surface area contributed by atoms with Crippen LogP contribution in [0.15, 0.2) is 76.3 Å². The van der Waals surface area contributed by atoms with E-state index < -0.39 is 17.8 Å². The molecule has 2 amide bonds. The number of aryl methyl sites for hydroxylation is 1. The number of para-hydroxylation sites is 2. The molecule has 0 spiro atoms. The Kier molecular flexibility index (Phi) is 7.93. The monoisotopic (exact) mass is 509 g/mol. The number of esters is 1. The highest BCUT2D eigenvalue weighted by atomic mass is 79.9. The van der Waals surface area contributed by atoms with Gasteiger partial charge in [0.05, 0.1) is 24.6 Å². The predicted octanol–water partition coefficient (Wildman–Crippen LogP) is 4.07. The fourth-order valence-corrected chi connectivity index (χ4v) is 3.08.